The average Bonchev–Trinajstić information content (AvgIpc) is 2.40. The Balaban J connectivity index is 2.52. The minimum atomic E-state index is -3.69. The average molecular weight is 314 g/mol. The van der Waals surface area contributed by atoms with E-state index < -0.39 is 26.6 Å². The summed E-state index contributed by atoms with van der Waals surface area (Å²) in [5, 5.41) is 21.3. The molecule has 116 valence electrons. The maximum Gasteiger partial charge on any atom is 0.311 e. The van der Waals surface area contributed by atoms with Crippen molar-refractivity contribution in [1.82, 2.24) is 0 Å². The van der Waals surface area contributed by atoms with Crippen LogP contribution in [0, 0.1) is 16.0 Å². The lowest BCUT2D eigenvalue weighted by atomic mass is 9.95. The summed E-state index contributed by atoms with van der Waals surface area (Å²) in [6.45, 7) is 2.73. The Morgan fingerprint density at radius 1 is 1.43 bits per heavy atom. The number of aliphatic hydroxyl groups is 1. The Morgan fingerprint density at radius 3 is 2.62 bits per heavy atom. The molecule has 1 saturated heterocycles. The van der Waals surface area contributed by atoms with Crippen LogP contribution in [0.4, 0.5) is 11.4 Å². The van der Waals surface area contributed by atoms with E-state index in [2.05, 4.69) is 0 Å². The van der Waals surface area contributed by atoms with E-state index in [-0.39, 0.29) is 23.0 Å². The van der Waals surface area contributed by atoms with E-state index >= 15 is 0 Å². The number of hydrogen-bond donors (Lipinski definition) is 1. The molecule has 8 heteroatoms. The molecule has 21 heavy (non-hydrogen) atoms. The number of nitro groups is 1. The van der Waals surface area contributed by atoms with Crippen molar-refractivity contribution in [2.45, 2.75) is 24.3 Å². The third-order valence-corrected chi connectivity index (χ3v) is 4.95. The zero-order valence-electron chi connectivity index (χ0n) is 11.9. The van der Waals surface area contributed by atoms with E-state index in [1.54, 1.807) is 4.90 Å². The van der Waals surface area contributed by atoms with Gasteiger partial charge in [-0.2, -0.15) is 0 Å². The number of β-amino-alcohol motifs (C(OH)–C–C–N with tert-alkyl or cyclic N) is 1. The van der Waals surface area contributed by atoms with E-state index in [1.807, 2.05) is 6.92 Å². The fraction of sp³-hybridized carbons (Fsp3) is 0.538. The second kappa shape index (κ2) is 5.61. The van der Waals surface area contributed by atoms with Crippen LogP contribution in [0.3, 0.4) is 0 Å². The monoisotopic (exact) mass is 314 g/mol. The van der Waals surface area contributed by atoms with Crippen molar-refractivity contribution in [2.75, 3.05) is 24.2 Å². The van der Waals surface area contributed by atoms with Crippen molar-refractivity contribution in [1.29, 1.82) is 0 Å². The number of nitro benzene ring substituents is 1. The first-order valence-electron chi connectivity index (χ1n) is 6.62. The van der Waals surface area contributed by atoms with Crippen LogP contribution >= 0.6 is 0 Å². The van der Waals surface area contributed by atoms with Crippen LogP contribution in [0.2, 0.25) is 0 Å². The Bertz CT molecular complexity index is 659. The van der Waals surface area contributed by atoms with Crippen LogP contribution < -0.4 is 4.90 Å². The van der Waals surface area contributed by atoms with E-state index in [0.29, 0.717) is 13.0 Å². The van der Waals surface area contributed by atoms with Crippen LogP contribution in [0.25, 0.3) is 0 Å². The molecule has 7 nitrogen and oxygen atoms in total. The Morgan fingerprint density at radius 2 is 2.10 bits per heavy atom. The first-order chi connectivity index (χ1) is 9.71. The molecule has 1 aliphatic rings. The highest BCUT2D eigenvalue weighted by Gasteiger charge is 2.32. The van der Waals surface area contributed by atoms with Gasteiger partial charge >= 0.3 is 5.69 Å². The van der Waals surface area contributed by atoms with E-state index in [1.165, 1.54) is 18.2 Å². The molecule has 2 unspecified atom stereocenters. The molecule has 0 bridgehead atoms. The minimum Gasteiger partial charge on any atom is -0.391 e. The van der Waals surface area contributed by atoms with Crippen molar-refractivity contribution >= 4 is 21.2 Å². The molecule has 1 aromatic rings. The summed E-state index contributed by atoms with van der Waals surface area (Å²) in [5.41, 5.74) is -0.171. The second-order valence-corrected chi connectivity index (χ2v) is 7.42. The maximum atomic E-state index is 11.7. The van der Waals surface area contributed by atoms with Gasteiger partial charge in [0.15, 0.2) is 9.84 Å². The summed E-state index contributed by atoms with van der Waals surface area (Å²) in [6.07, 6.45) is 1.06. The van der Waals surface area contributed by atoms with Crippen LogP contribution in [-0.4, -0.2) is 43.9 Å². The number of piperidine rings is 1. The molecule has 1 fully saturated rings. The lowest BCUT2D eigenvalue weighted by Gasteiger charge is -2.35. The molecule has 2 rings (SSSR count). The summed E-state index contributed by atoms with van der Waals surface area (Å²) in [5.74, 6) is 0.124. The van der Waals surface area contributed by atoms with Gasteiger partial charge in [0, 0.05) is 19.3 Å². The van der Waals surface area contributed by atoms with Crippen LogP contribution in [0.1, 0.15) is 13.3 Å². The largest absolute Gasteiger partial charge is 0.391 e. The van der Waals surface area contributed by atoms with Gasteiger partial charge in [-0.05, 0) is 24.5 Å². The first-order valence-corrected chi connectivity index (χ1v) is 8.51. The lowest BCUT2D eigenvalue weighted by Crippen LogP contribution is -2.43. The number of benzene rings is 1. The molecule has 0 saturated carbocycles. The predicted octanol–water partition coefficient (Wildman–Crippen LogP) is 1.21. The van der Waals surface area contributed by atoms with E-state index in [4.69, 9.17) is 0 Å². The van der Waals surface area contributed by atoms with Crippen LogP contribution in [0.15, 0.2) is 23.1 Å². The van der Waals surface area contributed by atoms with Gasteiger partial charge < -0.3 is 10.0 Å². The number of rotatable bonds is 3. The molecule has 1 heterocycles. The third-order valence-electron chi connectivity index (χ3n) is 3.82. The van der Waals surface area contributed by atoms with Gasteiger partial charge in [0.25, 0.3) is 0 Å². The normalized spacial score (nSPS) is 23.1. The molecule has 0 spiro atoms. The first kappa shape index (κ1) is 15.7. The van der Waals surface area contributed by atoms with Gasteiger partial charge in [-0.3, -0.25) is 10.1 Å². The van der Waals surface area contributed by atoms with Gasteiger partial charge in [0.05, 0.1) is 11.0 Å². The topological polar surface area (TPSA) is 101 Å². The maximum absolute atomic E-state index is 11.7. The Hall–Kier alpha value is -1.67. The summed E-state index contributed by atoms with van der Waals surface area (Å²) in [7, 11) is -3.69. The van der Waals surface area contributed by atoms with Gasteiger partial charge in [-0.1, -0.05) is 13.0 Å². The standard InChI is InChI=1S/C13H18N2O5S/c1-9-6-7-14(8-11(9)16)10-4-3-5-12(21(2,19)20)13(10)15(17)18/h3-5,9,11,16H,6-8H2,1-2H3. The van der Waals surface area contributed by atoms with Crippen molar-refractivity contribution in [2.24, 2.45) is 5.92 Å². The summed E-state index contributed by atoms with van der Waals surface area (Å²) >= 11 is 0. The van der Waals surface area contributed by atoms with Gasteiger partial charge in [0.2, 0.25) is 0 Å². The number of nitrogens with zero attached hydrogens (tertiary/aromatic N) is 2. The SMILES string of the molecule is CC1CCN(c2cccc(S(C)(=O)=O)c2[N+](=O)[O-])CC1O. The third kappa shape index (κ3) is 3.16. The molecule has 0 aliphatic carbocycles. The Kier molecular flexibility index (Phi) is 4.20. The molecule has 1 N–H and O–H groups in total. The molecule has 1 aliphatic heterocycles. The fourth-order valence-corrected chi connectivity index (χ4v) is 3.37. The molecular weight excluding hydrogens is 296 g/mol. The lowest BCUT2D eigenvalue weighted by molar-refractivity contribution is -0.387. The number of aliphatic hydroxyl groups excluding tert-OH is 1. The highest BCUT2D eigenvalue weighted by Crippen LogP contribution is 2.36. The van der Waals surface area contributed by atoms with Crippen molar-refractivity contribution in [3.8, 4) is 0 Å². The van der Waals surface area contributed by atoms with Gasteiger partial charge in [0.1, 0.15) is 10.6 Å². The van der Waals surface area contributed by atoms with Crippen molar-refractivity contribution < 1.29 is 18.4 Å². The smallest absolute Gasteiger partial charge is 0.311 e. The molecule has 0 radical (unpaired) electrons. The van der Waals surface area contributed by atoms with Gasteiger partial charge in [-0.25, -0.2) is 8.42 Å². The fourth-order valence-electron chi connectivity index (χ4n) is 2.52. The zero-order chi connectivity index (χ0) is 15.8. The molecule has 1 aromatic carbocycles. The van der Waals surface area contributed by atoms with Crippen LogP contribution in [-0.2, 0) is 9.84 Å². The molecule has 2 atom stereocenters. The second-order valence-electron chi connectivity index (χ2n) is 5.43. The summed E-state index contributed by atoms with van der Waals surface area (Å²) < 4.78 is 23.5. The number of hydrogen-bond acceptors (Lipinski definition) is 6. The highest BCUT2D eigenvalue weighted by molar-refractivity contribution is 7.90. The van der Waals surface area contributed by atoms with Crippen LogP contribution in [0.5, 0.6) is 0 Å². The summed E-state index contributed by atoms with van der Waals surface area (Å²) in [4.78, 5) is 12.0. The quantitative estimate of drug-likeness (QED) is 0.664. The van der Waals surface area contributed by atoms with Gasteiger partial charge in [-0.15, -0.1) is 0 Å². The molecule has 0 amide bonds. The van der Waals surface area contributed by atoms with Crippen molar-refractivity contribution in [3.05, 3.63) is 28.3 Å². The number of sulfone groups is 1. The van der Waals surface area contributed by atoms with Crippen molar-refractivity contribution in [3.63, 3.8) is 0 Å². The van der Waals surface area contributed by atoms with E-state index in [0.717, 1.165) is 6.26 Å². The predicted molar refractivity (Wildman–Crippen MR) is 78.2 cm³/mol. The molecule has 0 aromatic heterocycles. The minimum absolute atomic E-state index is 0.124. The number of anilines is 1. The zero-order valence-corrected chi connectivity index (χ0v) is 12.7. The number of para-hydroxylation sites is 1. The highest BCUT2D eigenvalue weighted by atomic mass is 32.2. The van der Waals surface area contributed by atoms with E-state index in [9.17, 15) is 23.6 Å². The summed E-state index contributed by atoms with van der Waals surface area (Å²) in [6, 6.07) is 4.25. The Labute approximate surface area is 123 Å². The molecular formula is C13H18N2O5S.